The fourth-order valence-electron chi connectivity index (χ4n) is 3.93. The number of para-hydroxylation sites is 1. The van der Waals surface area contributed by atoms with Crippen LogP contribution in [0, 0.1) is 5.82 Å². The topological polar surface area (TPSA) is 51.8 Å². The maximum atomic E-state index is 14.4. The summed E-state index contributed by atoms with van der Waals surface area (Å²) in [6.07, 6.45) is 0. The van der Waals surface area contributed by atoms with Crippen LogP contribution in [0.4, 0.5) is 4.39 Å². The summed E-state index contributed by atoms with van der Waals surface area (Å²) in [7, 11) is 0. The summed E-state index contributed by atoms with van der Waals surface area (Å²) in [6, 6.07) is 30.2. The van der Waals surface area contributed by atoms with Gasteiger partial charge in [0.2, 0.25) is 0 Å². The molecule has 0 spiro atoms. The second-order valence-electron chi connectivity index (χ2n) is 7.44. The number of rotatable bonds is 3. The molecule has 2 aromatic heterocycles. The first-order chi connectivity index (χ1) is 15.8. The van der Waals surface area contributed by atoms with Crippen molar-refractivity contribution >= 4 is 21.9 Å². The summed E-state index contributed by atoms with van der Waals surface area (Å²) in [6.45, 7) is 0. The van der Waals surface area contributed by atoms with E-state index in [1.54, 1.807) is 6.07 Å². The van der Waals surface area contributed by atoms with Crippen LogP contribution in [0.1, 0.15) is 0 Å². The third-order valence-corrected chi connectivity index (χ3v) is 5.41. The quantitative estimate of drug-likeness (QED) is 0.314. The third-order valence-electron chi connectivity index (χ3n) is 5.41. The van der Waals surface area contributed by atoms with Gasteiger partial charge in [-0.1, -0.05) is 84.9 Å². The number of furan rings is 1. The first-order valence-corrected chi connectivity index (χ1v) is 10.2. The van der Waals surface area contributed by atoms with Gasteiger partial charge in [0.25, 0.3) is 0 Å². The molecule has 6 rings (SSSR count). The van der Waals surface area contributed by atoms with Crippen molar-refractivity contribution in [2.45, 2.75) is 0 Å². The zero-order chi connectivity index (χ0) is 21.5. The van der Waals surface area contributed by atoms with E-state index in [0.717, 1.165) is 22.1 Å². The Bertz CT molecular complexity index is 1520. The lowest BCUT2D eigenvalue weighted by Gasteiger charge is -2.09. The Kier molecular flexibility index (Phi) is 4.25. The summed E-state index contributed by atoms with van der Waals surface area (Å²) in [4.78, 5) is 14.3. The van der Waals surface area contributed by atoms with Crippen LogP contribution in [0.15, 0.2) is 101 Å². The van der Waals surface area contributed by atoms with E-state index in [2.05, 4.69) is 0 Å². The van der Waals surface area contributed by atoms with Crippen LogP contribution in [0.2, 0.25) is 0 Å². The summed E-state index contributed by atoms with van der Waals surface area (Å²) in [5, 5.41) is 1.48. The Labute approximate surface area is 183 Å². The molecule has 0 amide bonds. The molecule has 0 radical (unpaired) electrons. The molecular formula is C27H16FN3O. The van der Waals surface area contributed by atoms with E-state index >= 15 is 0 Å². The van der Waals surface area contributed by atoms with E-state index in [4.69, 9.17) is 19.4 Å². The normalized spacial score (nSPS) is 11.3. The minimum absolute atomic E-state index is 0.232. The van der Waals surface area contributed by atoms with E-state index in [1.165, 1.54) is 6.07 Å². The van der Waals surface area contributed by atoms with Gasteiger partial charge in [0.15, 0.2) is 28.9 Å². The highest BCUT2D eigenvalue weighted by Gasteiger charge is 2.18. The van der Waals surface area contributed by atoms with Crippen molar-refractivity contribution in [3.8, 4) is 34.2 Å². The van der Waals surface area contributed by atoms with E-state index in [0.29, 0.717) is 28.4 Å². The molecule has 0 bridgehead atoms. The average molecular weight is 417 g/mol. The highest BCUT2D eigenvalue weighted by atomic mass is 19.1. The second kappa shape index (κ2) is 7.39. The molecule has 0 aliphatic heterocycles. The molecule has 4 aromatic carbocycles. The predicted octanol–water partition coefficient (Wildman–Crippen LogP) is 6.91. The Morgan fingerprint density at radius 1 is 0.562 bits per heavy atom. The van der Waals surface area contributed by atoms with E-state index in [9.17, 15) is 4.39 Å². The van der Waals surface area contributed by atoms with Crippen molar-refractivity contribution in [2.75, 3.05) is 0 Å². The zero-order valence-corrected chi connectivity index (χ0v) is 16.9. The molecule has 0 aliphatic carbocycles. The smallest absolute Gasteiger partial charge is 0.171 e. The molecular weight excluding hydrogens is 401 g/mol. The maximum Gasteiger partial charge on any atom is 0.171 e. The van der Waals surface area contributed by atoms with Crippen molar-refractivity contribution in [1.29, 1.82) is 0 Å². The van der Waals surface area contributed by atoms with E-state index in [1.807, 2.05) is 84.9 Å². The van der Waals surface area contributed by atoms with Crippen LogP contribution in [-0.2, 0) is 0 Å². The van der Waals surface area contributed by atoms with Gasteiger partial charge < -0.3 is 4.42 Å². The van der Waals surface area contributed by atoms with Gasteiger partial charge in [0.05, 0.1) is 0 Å². The number of halogens is 1. The number of hydrogen-bond acceptors (Lipinski definition) is 4. The Hall–Kier alpha value is -4.38. The third kappa shape index (κ3) is 3.03. The molecule has 0 atom stereocenters. The number of aromatic nitrogens is 3. The molecule has 32 heavy (non-hydrogen) atoms. The van der Waals surface area contributed by atoms with E-state index < -0.39 is 5.82 Å². The fraction of sp³-hybridized carbons (Fsp3) is 0. The minimum atomic E-state index is -0.393. The van der Waals surface area contributed by atoms with Gasteiger partial charge in [-0.2, -0.15) is 0 Å². The number of hydrogen-bond donors (Lipinski definition) is 0. The molecule has 0 saturated carbocycles. The largest absolute Gasteiger partial charge is 0.453 e. The van der Waals surface area contributed by atoms with E-state index in [-0.39, 0.29) is 5.58 Å². The van der Waals surface area contributed by atoms with Gasteiger partial charge in [0.1, 0.15) is 5.58 Å². The van der Waals surface area contributed by atoms with Crippen molar-refractivity contribution in [1.82, 2.24) is 15.0 Å². The molecule has 0 saturated heterocycles. The van der Waals surface area contributed by atoms with Crippen LogP contribution >= 0.6 is 0 Å². The van der Waals surface area contributed by atoms with Gasteiger partial charge in [-0.05, 0) is 12.1 Å². The first-order valence-electron chi connectivity index (χ1n) is 10.2. The van der Waals surface area contributed by atoms with Gasteiger partial charge in [-0.3, -0.25) is 0 Å². The average Bonchev–Trinajstić information content (AvgIpc) is 3.25. The molecule has 0 unspecified atom stereocenters. The van der Waals surface area contributed by atoms with Gasteiger partial charge >= 0.3 is 0 Å². The summed E-state index contributed by atoms with van der Waals surface area (Å²) in [5.74, 6) is 1.27. The number of fused-ring (bicyclic) bond motifs is 3. The van der Waals surface area contributed by atoms with Gasteiger partial charge in [0, 0.05) is 27.5 Å². The molecule has 5 heteroatoms. The van der Waals surface area contributed by atoms with Crippen LogP contribution < -0.4 is 0 Å². The molecule has 0 N–H and O–H groups in total. The van der Waals surface area contributed by atoms with Crippen LogP contribution in [0.3, 0.4) is 0 Å². The molecule has 0 aliphatic rings. The van der Waals surface area contributed by atoms with Crippen molar-refractivity contribution < 1.29 is 8.81 Å². The second-order valence-corrected chi connectivity index (χ2v) is 7.44. The molecule has 4 nitrogen and oxygen atoms in total. The van der Waals surface area contributed by atoms with Gasteiger partial charge in [-0.15, -0.1) is 0 Å². The van der Waals surface area contributed by atoms with Crippen LogP contribution in [-0.4, -0.2) is 15.0 Å². The van der Waals surface area contributed by atoms with Crippen molar-refractivity contribution in [3.63, 3.8) is 0 Å². The zero-order valence-electron chi connectivity index (χ0n) is 16.9. The fourth-order valence-corrected chi connectivity index (χ4v) is 3.93. The molecule has 6 aromatic rings. The summed E-state index contributed by atoms with van der Waals surface area (Å²) >= 11 is 0. The first kappa shape index (κ1) is 18.4. The minimum Gasteiger partial charge on any atom is -0.453 e. The predicted molar refractivity (Wildman–Crippen MR) is 123 cm³/mol. The highest BCUT2D eigenvalue weighted by molar-refractivity contribution is 6.11. The van der Waals surface area contributed by atoms with Crippen molar-refractivity contribution in [2.24, 2.45) is 0 Å². The molecule has 2 heterocycles. The van der Waals surface area contributed by atoms with Crippen LogP contribution in [0.5, 0.6) is 0 Å². The summed E-state index contributed by atoms with van der Waals surface area (Å²) in [5.41, 5.74) is 3.37. The summed E-state index contributed by atoms with van der Waals surface area (Å²) < 4.78 is 20.2. The Morgan fingerprint density at radius 2 is 1.16 bits per heavy atom. The number of benzene rings is 4. The maximum absolute atomic E-state index is 14.4. The Balaban J connectivity index is 1.66. The highest BCUT2D eigenvalue weighted by Crippen LogP contribution is 2.37. The monoisotopic (exact) mass is 417 g/mol. The number of nitrogens with zero attached hydrogens (tertiary/aromatic N) is 3. The molecule has 0 fully saturated rings. The lowest BCUT2D eigenvalue weighted by molar-refractivity contribution is 0.584. The standard InChI is InChI=1S/C27H16FN3O/c28-21-15-7-13-19-23-20(14-8-16-22(23)32-24(19)21)27-30-25(17-9-3-1-4-10-17)29-26(31-27)18-11-5-2-6-12-18/h1-16H. The lowest BCUT2D eigenvalue weighted by atomic mass is 10.1. The van der Waals surface area contributed by atoms with Crippen LogP contribution in [0.25, 0.3) is 56.1 Å². The Morgan fingerprint density at radius 3 is 1.81 bits per heavy atom. The molecule has 152 valence electrons. The lowest BCUT2D eigenvalue weighted by Crippen LogP contribution is -2.00. The van der Waals surface area contributed by atoms with Gasteiger partial charge in [-0.25, -0.2) is 19.3 Å². The SMILES string of the molecule is Fc1cccc2c1oc1cccc(-c3nc(-c4ccccc4)nc(-c4ccccc4)n3)c12. The van der Waals surface area contributed by atoms with Crippen molar-refractivity contribution in [3.05, 3.63) is 103 Å².